The lowest BCUT2D eigenvalue weighted by atomic mass is 10.3. The van der Waals surface area contributed by atoms with Gasteiger partial charge in [0.2, 0.25) is 0 Å². The summed E-state index contributed by atoms with van der Waals surface area (Å²) in [5, 5.41) is 3.56. The van der Waals surface area contributed by atoms with Gasteiger partial charge < -0.3 is 19.9 Å². The molecule has 1 N–H and O–H groups in total. The van der Waals surface area contributed by atoms with Crippen LogP contribution >= 0.6 is 34.8 Å². The molecule has 0 spiro atoms. The molecule has 3 rings (SSSR count). The molecular weight excluding hydrogens is 442 g/mol. The second-order valence-corrected chi connectivity index (χ2v) is 7.70. The molecule has 1 aromatic heterocycles. The van der Waals surface area contributed by atoms with E-state index in [0.717, 1.165) is 0 Å². The molecule has 1 saturated heterocycles. The number of pyridine rings is 1. The van der Waals surface area contributed by atoms with Crippen molar-refractivity contribution in [3.05, 3.63) is 51.5 Å². The number of aromatic nitrogens is 1. The molecular formula is C19H20Cl3FN4O2. The van der Waals surface area contributed by atoms with E-state index < -0.39 is 5.82 Å². The molecule has 2 heterocycles. The van der Waals surface area contributed by atoms with Crippen LogP contribution in [0.4, 0.5) is 20.6 Å². The Morgan fingerprint density at radius 2 is 1.93 bits per heavy atom. The zero-order valence-electron chi connectivity index (χ0n) is 15.7. The number of urea groups is 1. The van der Waals surface area contributed by atoms with Gasteiger partial charge in [-0.25, -0.2) is 9.18 Å². The molecule has 2 aromatic rings. The van der Waals surface area contributed by atoms with E-state index in [9.17, 15) is 9.18 Å². The number of halogens is 4. The van der Waals surface area contributed by atoms with Crippen molar-refractivity contribution in [2.45, 2.75) is 13.0 Å². The summed E-state index contributed by atoms with van der Waals surface area (Å²) in [7, 11) is 0. The average molecular weight is 462 g/mol. The minimum absolute atomic E-state index is 0.0565. The molecule has 29 heavy (non-hydrogen) atoms. The predicted molar refractivity (Wildman–Crippen MR) is 114 cm³/mol. The molecule has 0 radical (unpaired) electrons. The van der Waals surface area contributed by atoms with Crippen LogP contribution in [-0.4, -0.2) is 54.8 Å². The Morgan fingerprint density at radius 1 is 1.21 bits per heavy atom. The van der Waals surface area contributed by atoms with Crippen LogP contribution in [0.2, 0.25) is 15.1 Å². The highest BCUT2D eigenvalue weighted by atomic mass is 35.5. The van der Waals surface area contributed by atoms with Crippen LogP contribution in [-0.2, 0) is 4.74 Å². The van der Waals surface area contributed by atoms with Gasteiger partial charge >= 0.3 is 6.03 Å². The number of rotatable bonds is 4. The van der Waals surface area contributed by atoms with Gasteiger partial charge in [-0.15, -0.1) is 0 Å². The molecule has 1 aliphatic rings. The van der Waals surface area contributed by atoms with Gasteiger partial charge in [0.15, 0.2) is 0 Å². The lowest BCUT2D eigenvalue weighted by Crippen LogP contribution is -2.41. The van der Waals surface area contributed by atoms with Crippen LogP contribution in [0.25, 0.3) is 0 Å². The minimum Gasteiger partial charge on any atom is -0.375 e. The number of nitrogens with zero attached hydrogens (tertiary/aromatic N) is 3. The summed E-state index contributed by atoms with van der Waals surface area (Å²) < 4.78 is 19.2. The second-order valence-electron chi connectivity index (χ2n) is 6.48. The first-order chi connectivity index (χ1) is 13.9. The minimum atomic E-state index is -0.544. The van der Waals surface area contributed by atoms with Crippen LogP contribution in [0.5, 0.6) is 0 Å². The van der Waals surface area contributed by atoms with E-state index in [0.29, 0.717) is 54.2 Å². The van der Waals surface area contributed by atoms with Crippen molar-refractivity contribution < 1.29 is 13.9 Å². The van der Waals surface area contributed by atoms with Crippen molar-refractivity contribution in [3.8, 4) is 0 Å². The number of anilines is 2. The van der Waals surface area contributed by atoms with Gasteiger partial charge in [0.25, 0.3) is 0 Å². The van der Waals surface area contributed by atoms with Crippen molar-refractivity contribution in [2.24, 2.45) is 0 Å². The molecule has 0 saturated carbocycles. The Morgan fingerprint density at radius 3 is 2.59 bits per heavy atom. The lowest BCUT2D eigenvalue weighted by molar-refractivity contribution is 0.0544. The van der Waals surface area contributed by atoms with Crippen molar-refractivity contribution in [3.63, 3.8) is 0 Å². The summed E-state index contributed by atoms with van der Waals surface area (Å²) in [6, 6.07) is 3.71. The molecule has 1 fully saturated rings. The fourth-order valence-electron chi connectivity index (χ4n) is 3.19. The molecule has 0 bridgehead atoms. The van der Waals surface area contributed by atoms with Gasteiger partial charge in [-0.05, 0) is 25.1 Å². The van der Waals surface area contributed by atoms with Crippen molar-refractivity contribution in [1.82, 2.24) is 9.88 Å². The van der Waals surface area contributed by atoms with E-state index in [-0.39, 0.29) is 17.2 Å². The third kappa shape index (κ3) is 5.42. The van der Waals surface area contributed by atoms with Crippen LogP contribution in [0, 0.1) is 5.82 Å². The van der Waals surface area contributed by atoms with Gasteiger partial charge in [0, 0.05) is 44.3 Å². The zero-order chi connectivity index (χ0) is 21.0. The van der Waals surface area contributed by atoms with Gasteiger partial charge in [-0.1, -0.05) is 34.8 Å². The second kappa shape index (κ2) is 9.80. The Labute approximate surface area is 183 Å². The predicted octanol–water partition coefficient (Wildman–Crippen LogP) is 4.94. The van der Waals surface area contributed by atoms with E-state index in [1.807, 2.05) is 11.8 Å². The molecule has 1 atom stereocenters. The maximum absolute atomic E-state index is 13.3. The Kier molecular flexibility index (Phi) is 7.40. The SMILES string of the molecule is CCOC1CN(C(=O)Nc2ccc(F)c(Cl)c2)CCN(c2c(Cl)cncc2Cl)C1. The number of carbonyl (C=O) groups is 1. The maximum atomic E-state index is 13.3. The number of ether oxygens (including phenoxy) is 1. The highest BCUT2D eigenvalue weighted by molar-refractivity contribution is 6.38. The number of nitrogens with one attached hydrogen (secondary N) is 1. The first kappa shape index (κ1) is 21.9. The van der Waals surface area contributed by atoms with E-state index in [1.165, 1.54) is 30.6 Å². The summed E-state index contributed by atoms with van der Waals surface area (Å²) >= 11 is 18.4. The first-order valence-electron chi connectivity index (χ1n) is 9.05. The van der Waals surface area contributed by atoms with E-state index in [1.54, 1.807) is 4.90 Å². The third-order valence-corrected chi connectivity index (χ3v) is 5.34. The van der Waals surface area contributed by atoms with Crippen molar-refractivity contribution in [2.75, 3.05) is 43.0 Å². The van der Waals surface area contributed by atoms with Crippen molar-refractivity contribution in [1.29, 1.82) is 0 Å². The number of hydrogen-bond acceptors (Lipinski definition) is 4. The molecule has 2 amide bonds. The summed E-state index contributed by atoms with van der Waals surface area (Å²) in [5.41, 5.74) is 1.08. The number of carbonyl (C=O) groups excluding carboxylic acids is 1. The fourth-order valence-corrected chi connectivity index (χ4v) is 3.97. The standard InChI is InChI=1S/C19H20Cl3FN4O2/c1-2-29-13-10-26(18-15(21)8-24-9-16(18)22)5-6-27(11-13)19(28)25-12-3-4-17(23)14(20)7-12/h3-4,7-9,13H,2,5-6,10-11H2,1H3,(H,25,28). The molecule has 1 unspecified atom stereocenters. The van der Waals surface area contributed by atoms with Crippen LogP contribution < -0.4 is 10.2 Å². The smallest absolute Gasteiger partial charge is 0.321 e. The zero-order valence-corrected chi connectivity index (χ0v) is 17.9. The summed E-state index contributed by atoms with van der Waals surface area (Å²) in [6.45, 7) is 4.21. The van der Waals surface area contributed by atoms with E-state index in [4.69, 9.17) is 39.5 Å². The van der Waals surface area contributed by atoms with Crippen LogP contribution in [0.1, 0.15) is 6.92 Å². The highest BCUT2D eigenvalue weighted by Crippen LogP contribution is 2.33. The quantitative estimate of drug-likeness (QED) is 0.701. The Balaban J connectivity index is 1.77. The van der Waals surface area contributed by atoms with Gasteiger partial charge in [-0.3, -0.25) is 4.98 Å². The van der Waals surface area contributed by atoms with E-state index >= 15 is 0 Å². The topological polar surface area (TPSA) is 57.7 Å². The van der Waals surface area contributed by atoms with Gasteiger partial charge in [0.05, 0.1) is 33.4 Å². The molecule has 6 nitrogen and oxygen atoms in total. The normalized spacial score (nSPS) is 17.2. The number of hydrogen-bond donors (Lipinski definition) is 1. The Bertz CT molecular complexity index is 866. The number of benzene rings is 1. The van der Waals surface area contributed by atoms with Crippen LogP contribution in [0.15, 0.2) is 30.6 Å². The molecule has 1 aliphatic heterocycles. The van der Waals surface area contributed by atoms with Gasteiger partial charge in [-0.2, -0.15) is 0 Å². The third-order valence-electron chi connectivity index (χ3n) is 4.49. The van der Waals surface area contributed by atoms with Gasteiger partial charge in [0.1, 0.15) is 5.82 Å². The molecule has 1 aromatic carbocycles. The average Bonchev–Trinajstić information content (AvgIpc) is 2.88. The lowest BCUT2D eigenvalue weighted by Gasteiger charge is -2.27. The highest BCUT2D eigenvalue weighted by Gasteiger charge is 2.28. The monoisotopic (exact) mass is 460 g/mol. The van der Waals surface area contributed by atoms with Crippen LogP contribution in [0.3, 0.4) is 0 Å². The fraction of sp³-hybridized carbons (Fsp3) is 0.368. The van der Waals surface area contributed by atoms with E-state index in [2.05, 4.69) is 10.3 Å². The number of amides is 2. The molecule has 10 heteroatoms. The largest absolute Gasteiger partial charge is 0.375 e. The molecule has 156 valence electrons. The summed E-state index contributed by atoms with van der Waals surface area (Å²) in [6.07, 6.45) is 2.82. The first-order valence-corrected chi connectivity index (χ1v) is 10.2. The van der Waals surface area contributed by atoms with Crippen molar-refractivity contribution >= 4 is 52.2 Å². The summed E-state index contributed by atoms with van der Waals surface area (Å²) in [4.78, 5) is 20.4. The summed E-state index contributed by atoms with van der Waals surface area (Å²) in [5.74, 6) is -0.544. The molecule has 0 aliphatic carbocycles. The Hall–Kier alpha value is -1.80. The maximum Gasteiger partial charge on any atom is 0.321 e.